The molecule has 0 aliphatic heterocycles. The number of aryl methyl sites for hydroxylation is 1. The van der Waals surface area contributed by atoms with Crippen LogP contribution in [0.4, 0.5) is 0 Å². The Morgan fingerprint density at radius 1 is 1.43 bits per heavy atom. The second-order valence-electron chi connectivity index (χ2n) is 5.10. The van der Waals surface area contributed by atoms with Crippen LogP contribution in [0.2, 0.25) is 5.02 Å². The van der Waals surface area contributed by atoms with Crippen molar-refractivity contribution in [3.05, 3.63) is 57.8 Å². The maximum absolute atomic E-state index is 6.09. The van der Waals surface area contributed by atoms with E-state index in [0.29, 0.717) is 6.04 Å². The molecule has 1 atom stereocenters. The van der Waals surface area contributed by atoms with Crippen molar-refractivity contribution in [3.8, 4) is 0 Å². The van der Waals surface area contributed by atoms with Crippen LogP contribution < -0.4 is 5.32 Å². The van der Waals surface area contributed by atoms with Crippen molar-refractivity contribution in [3.63, 3.8) is 0 Å². The summed E-state index contributed by atoms with van der Waals surface area (Å²) in [5.41, 5.74) is 3.55. The first-order valence-electron chi connectivity index (χ1n) is 7.09. The van der Waals surface area contributed by atoms with E-state index < -0.39 is 0 Å². The zero-order valence-electron chi connectivity index (χ0n) is 12.1. The Bertz CT molecular complexity index is 747. The van der Waals surface area contributed by atoms with Gasteiger partial charge in [-0.15, -0.1) is 11.3 Å². The van der Waals surface area contributed by atoms with Gasteiger partial charge in [0.15, 0.2) is 4.96 Å². The molecule has 1 aromatic carbocycles. The fourth-order valence-electron chi connectivity index (χ4n) is 2.59. The summed E-state index contributed by atoms with van der Waals surface area (Å²) in [6.45, 7) is 5.05. The van der Waals surface area contributed by atoms with E-state index in [1.807, 2.05) is 18.2 Å². The molecular weight excluding hydrogens is 302 g/mol. The van der Waals surface area contributed by atoms with Crippen molar-refractivity contribution in [2.45, 2.75) is 32.9 Å². The van der Waals surface area contributed by atoms with Gasteiger partial charge in [-0.25, -0.2) is 4.98 Å². The van der Waals surface area contributed by atoms with Gasteiger partial charge in [-0.05, 0) is 31.0 Å². The molecule has 3 nitrogen and oxygen atoms in total. The van der Waals surface area contributed by atoms with Crippen molar-refractivity contribution in [1.29, 1.82) is 0 Å². The third kappa shape index (κ3) is 2.98. The molecule has 0 bridgehead atoms. The second-order valence-corrected chi connectivity index (χ2v) is 6.41. The van der Waals surface area contributed by atoms with E-state index in [1.165, 1.54) is 11.3 Å². The van der Waals surface area contributed by atoms with E-state index >= 15 is 0 Å². The molecule has 3 aromatic rings. The molecule has 2 aromatic heterocycles. The summed E-state index contributed by atoms with van der Waals surface area (Å²) in [6, 6.07) is 8.37. The normalized spacial score (nSPS) is 12.9. The number of aromatic nitrogens is 2. The average Bonchev–Trinajstić information content (AvgIpc) is 3.01. The standard InChI is InChI=1S/C16H18ClN3S/c1-3-14(12-5-4-6-13(17)9-12)18-10-15-11(2)19-16-20(15)7-8-21-16/h4-9,14,18H,3,10H2,1-2H3. The molecule has 0 amide bonds. The van der Waals surface area contributed by atoms with E-state index in [9.17, 15) is 0 Å². The molecule has 110 valence electrons. The highest BCUT2D eigenvalue weighted by Gasteiger charge is 2.13. The van der Waals surface area contributed by atoms with E-state index in [0.717, 1.165) is 28.6 Å². The molecule has 0 aliphatic rings. The number of nitrogens with zero attached hydrogens (tertiary/aromatic N) is 2. The summed E-state index contributed by atoms with van der Waals surface area (Å²) < 4.78 is 2.16. The molecular formula is C16H18ClN3S. The number of benzene rings is 1. The van der Waals surface area contributed by atoms with E-state index in [2.05, 4.69) is 46.2 Å². The molecule has 21 heavy (non-hydrogen) atoms. The summed E-state index contributed by atoms with van der Waals surface area (Å²) in [4.78, 5) is 5.64. The number of rotatable bonds is 5. The van der Waals surface area contributed by atoms with E-state index in [-0.39, 0.29) is 0 Å². The van der Waals surface area contributed by atoms with Crippen LogP contribution in [-0.4, -0.2) is 9.38 Å². The molecule has 5 heteroatoms. The third-order valence-electron chi connectivity index (χ3n) is 3.74. The van der Waals surface area contributed by atoms with Crippen LogP contribution in [0.25, 0.3) is 4.96 Å². The second kappa shape index (κ2) is 6.18. The highest BCUT2D eigenvalue weighted by molar-refractivity contribution is 7.15. The monoisotopic (exact) mass is 319 g/mol. The van der Waals surface area contributed by atoms with Crippen LogP contribution in [0.3, 0.4) is 0 Å². The minimum absolute atomic E-state index is 0.298. The molecule has 0 spiro atoms. The number of fused-ring (bicyclic) bond motifs is 1. The van der Waals surface area contributed by atoms with Gasteiger partial charge in [0.05, 0.1) is 11.4 Å². The number of imidazole rings is 1. The highest BCUT2D eigenvalue weighted by atomic mass is 35.5. The number of nitrogens with one attached hydrogen (secondary N) is 1. The largest absolute Gasteiger partial charge is 0.304 e. The van der Waals surface area contributed by atoms with Crippen molar-refractivity contribution in [1.82, 2.24) is 14.7 Å². The van der Waals surface area contributed by atoms with Gasteiger partial charge in [-0.1, -0.05) is 30.7 Å². The zero-order chi connectivity index (χ0) is 14.8. The van der Waals surface area contributed by atoms with E-state index in [1.54, 1.807) is 11.3 Å². The van der Waals surface area contributed by atoms with Gasteiger partial charge in [-0.2, -0.15) is 0 Å². The summed E-state index contributed by atoms with van der Waals surface area (Å²) in [7, 11) is 0. The van der Waals surface area contributed by atoms with Gasteiger partial charge in [0.2, 0.25) is 0 Å². The van der Waals surface area contributed by atoms with Crippen LogP contribution in [0.1, 0.15) is 36.3 Å². The Balaban J connectivity index is 1.79. The van der Waals surface area contributed by atoms with Crippen molar-refractivity contribution < 1.29 is 0 Å². The summed E-state index contributed by atoms with van der Waals surface area (Å²) in [6.07, 6.45) is 3.10. The molecule has 0 saturated carbocycles. The first kappa shape index (κ1) is 14.6. The fraction of sp³-hybridized carbons (Fsp3) is 0.312. The molecule has 1 unspecified atom stereocenters. The summed E-state index contributed by atoms with van der Waals surface area (Å²) in [5, 5.41) is 6.48. The SMILES string of the molecule is CCC(NCc1c(C)nc2sccn12)c1cccc(Cl)c1. The molecule has 0 aliphatic carbocycles. The predicted molar refractivity (Wildman–Crippen MR) is 89.1 cm³/mol. The topological polar surface area (TPSA) is 29.3 Å². The van der Waals surface area contributed by atoms with Crippen LogP contribution >= 0.6 is 22.9 Å². The lowest BCUT2D eigenvalue weighted by Gasteiger charge is -2.17. The smallest absolute Gasteiger partial charge is 0.194 e. The Labute approximate surface area is 133 Å². The Morgan fingerprint density at radius 3 is 3.05 bits per heavy atom. The van der Waals surface area contributed by atoms with Gasteiger partial charge in [0.25, 0.3) is 0 Å². The zero-order valence-corrected chi connectivity index (χ0v) is 13.7. The quantitative estimate of drug-likeness (QED) is 0.744. The lowest BCUT2D eigenvalue weighted by atomic mass is 10.0. The Hall–Kier alpha value is -1.36. The van der Waals surface area contributed by atoms with Crippen molar-refractivity contribution >= 4 is 27.9 Å². The molecule has 3 rings (SSSR count). The lowest BCUT2D eigenvalue weighted by Crippen LogP contribution is -2.21. The first-order chi connectivity index (χ1) is 10.2. The predicted octanol–water partition coefficient (Wildman–Crippen LogP) is 4.60. The van der Waals surface area contributed by atoms with Crippen molar-refractivity contribution in [2.24, 2.45) is 0 Å². The van der Waals surface area contributed by atoms with Crippen LogP contribution in [0, 0.1) is 6.92 Å². The Morgan fingerprint density at radius 2 is 2.29 bits per heavy atom. The van der Waals surface area contributed by atoms with Gasteiger partial charge >= 0.3 is 0 Å². The molecule has 1 N–H and O–H groups in total. The minimum Gasteiger partial charge on any atom is -0.304 e. The lowest BCUT2D eigenvalue weighted by molar-refractivity contribution is 0.512. The van der Waals surface area contributed by atoms with Crippen LogP contribution in [-0.2, 0) is 6.54 Å². The van der Waals surface area contributed by atoms with Crippen LogP contribution in [0.5, 0.6) is 0 Å². The maximum atomic E-state index is 6.09. The molecule has 2 heterocycles. The van der Waals surface area contributed by atoms with Crippen LogP contribution in [0.15, 0.2) is 35.8 Å². The number of hydrogen-bond donors (Lipinski definition) is 1. The summed E-state index contributed by atoms with van der Waals surface area (Å²) in [5.74, 6) is 0. The third-order valence-corrected chi connectivity index (χ3v) is 4.73. The first-order valence-corrected chi connectivity index (χ1v) is 8.34. The fourth-order valence-corrected chi connectivity index (χ4v) is 3.57. The average molecular weight is 320 g/mol. The molecule has 0 radical (unpaired) electrons. The van der Waals surface area contributed by atoms with Crippen molar-refractivity contribution in [2.75, 3.05) is 0 Å². The molecule has 0 fully saturated rings. The summed E-state index contributed by atoms with van der Waals surface area (Å²) >= 11 is 7.76. The van der Waals surface area contributed by atoms with E-state index in [4.69, 9.17) is 11.6 Å². The van der Waals surface area contributed by atoms with Gasteiger partial charge in [-0.3, -0.25) is 4.40 Å². The molecule has 0 saturated heterocycles. The maximum Gasteiger partial charge on any atom is 0.194 e. The number of hydrogen-bond acceptors (Lipinski definition) is 3. The minimum atomic E-state index is 0.298. The number of thiazole rings is 1. The highest BCUT2D eigenvalue weighted by Crippen LogP contribution is 2.22. The number of halogens is 1. The van der Waals surface area contributed by atoms with Gasteiger partial charge in [0, 0.05) is 29.2 Å². The van der Waals surface area contributed by atoms with Gasteiger partial charge in [0.1, 0.15) is 0 Å². The Kier molecular flexibility index (Phi) is 4.29. The van der Waals surface area contributed by atoms with Gasteiger partial charge < -0.3 is 5.32 Å².